The number of pyridine rings is 1. The summed E-state index contributed by atoms with van der Waals surface area (Å²) in [5, 5.41) is 29.7. The third kappa shape index (κ3) is 2.59. The van der Waals surface area contributed by atoms with Gasteiger partial charge in [-0.3, -0.25) is 10.1 Å². The maximum absolute atomic E-state index is 11.1. The second-order valence-electron chi connectivity index (χ2n) is 4.15. The van der Waals surface area contributed by atoms with E-state index in [9.17, 15) is 20.0 Å². The Morgan fingerprint density at radius 3 is 2.89 bits per heavy atom. The number of carbonyl (C=O) groups is 1. The van der Waals surface area contributed by atoms with E-state index in [1.54, 1.807) is 0 Å². The van der Waals surface area contributed by atoms with Crippen LogP contribution in [0.5, 0.6) is 0 Å². The summed E-state index contributed by atoms with van der Waals surface area (Å²) in [6.45, 7) is -0.0214. The summed E-state index contributed by atoms with van der Waals surface area (Å²) in [7, 11) is 0. The minimum atomic E-state index is -1.16. The number of hydrogen-bond donors (Lipinski definition) is 2. The number of nitro groups is 1. The molecule has 2 heterocycles. The van der Waals surface area contributed by atoms with Gasteiger partial charge in [-0.15, -0.1) is 0 Å². The van der Waals surface area contributed by atoms with Crippen molar-refractivity contribution in [3.8, 4) is 0 Å². The first-order valence-corrected chi connectivity index (χ1v) is 5.75. The Kier molecular flexibility index (Phi) is 3.54. The molecule has 0 radical (unpaired) electrons. The van der Waals surface area contributed by atoms with Crippen molar-refractivity contribution in [2.24, 2.45) is 0 Å². The third-order valence-corrected chi connectivity index (χ3v) is 3.05. The summed E-state index contributed by atoms with van der Waals surface area (Å²) in [4.78, 5) is 26.4. The first-order chi connectivity index (χ1) is 8.90. The second-order valence-corrected chi connectivity index (χ2v) is 4.59. The van der Waals surface area contributed by atoms with Gasteiger partial charge in [-0.25, -0.2) is 9.78 Å². The summed E-state index contributed by atoms with van der Waals surface area (Å²) < 4.78 is 0. The Hall–Kier alpha value is -1.93. The predicted octanol–water partition coefficient (Wildman–Crippen LogP) is 0.667. The molecule has 1 aliphatic rings. The van der Waals surface area contributed by atoms with E-state index >= 15 is 0 Å². The number of rotatable bonds is 3. The van der Waals surface area contributed by atoms with Crippen LogP contribution < -0.4 is 4.90 Å². The fourth-order valence-electron chi connectivity index (χ4n) is 2.06. The lowest BCUT2D eigenvalue weighted by Gasteiger charge is -2.21. The average molecular weight is 288 g/mol. The molecule has 1 saturated heterocycles. The molecule has 19 heavy (non-hydrogen) atoms. The maximum Gasteiger partial charge on any atom is 0.326 e. The number of hydrogen-bond acceptors (Lipinski definition) is 6. The Labute approximate surface area is 112 Å². The second kappa shape index (κ2) is 4.98. The zero-order valence-corrected chi connectivity index (χ0v) is 10.3. The molecule has 2 unspecified atom stereocenters. The van der Waals surface area contributed by atoms with E-state index in [0.29, 0.717) is 0 Å². The lowest BCUT2D eigenvalue weighted by molar-refractivity contribution is -0.384. The van der Waals surface area contributed by atoms with Crippen LogP contribution in [0.15, 0.2) is 12.3 Å². The maximum atomic E-state index is 11.1. The summed E-state index contributed by atoms with van der Waals surface area (Å²) >= 11 is 5.64. The summed E-state index contributed by atoms with van der Waals surface area (Å²) in [6.07, 6.45) is 0.336. The predicted molar refractivity (Wildman–Crippen MR) is 65.3 cm³/mol. The van der Waals surface area contributed by atoms with Crippen LogP contribution in [0.3, 0.4) is 0 Å². The molecule has 1 aliphatic heterocycles. The highest BCUT2D eigenvalue weighted by atomic mass is 35.5. The Balaban J connectivity index is 2.46. The van der Waals surface area contributed by atoms with E-state index in [2.05, 4.69) is 4.98 Å². The molecule has 1 aromatic rings. The summed E-state index contributed by atoms with van der Waals surface area (Å²) in [5.41, 5.74) is -0.382. The zero-order valence-electron chi connectivity index (χ0n) is 9.56. The van der Waals surface area contributed by atoms with Crippen LogP contribution >= 0.6 is 11.6 Å². The fraction of sp³-hybridized carbons (Fsp3) is 0.400. The van der Waals surface area contributed by atoms with Gasteiger partial charge in [-0.05, 0) is 0 Å². The van der Waals surface area contributed by atoms with Crippen molar-refractivity contribution in [3.05, 3.63) is 27.4 Å². The lowest BCUT2D eigenvalue weighted by atomic mass is 10.2. The van der Waals surface area contributed by atoms with Gasteiger partial charge in [0.05, 0.1) is 16.0 Å². The van der Waals surface area contributed by atoms with E-state index in [-0.39, 0.29) is 29.5 Å². The highest BCUT2D eigenvalue weighted by molar-refractivity contribution is 6.30. The highest BCUT2D eigenvalue weighted by Gasteiger charge is 2.39. The van der Waals surface area contributed by atoms with Crippen LogP contribution in [0.2, 0.25) is 5.02 Å². The van der Waals surface area contributed by atoms with Gasteiger partial charge in [-0.2, -0.15) is 0 Å². The van der Waals surface area contributed by atoms with Crippen molar-refractivity contribution < 1.29 is 19.9 Å². The molecule has 102 valence electrons. The van der Waals surface area contributed by atoms with Crippen LogP contribution in [-0.4, -0.2) is 44.8 Å². The van der Waals surface area contributed by atoms with Crippen molar-refractivity contribution in [2.45, 2.75) is 18.6 Å². The average Bonchev–Trinajstić information content (AvgIpc) is 2.71. The van der Waals surface area contributed by atoms with Gasteiger partial charge in [0.15, 0.2) is 0 Å². The van der Waals surface area contributed by atoms with E-state index in [1.807, 2.05) is 0 Å². The number of aliphatic hydroxyl groups excluding tert-OH is 1. The van der Waals surface area contributed by atoms with Crippen LogP contribution in [0.1, 0.15) is 6.42 Å². The van der Waals surface area contributed by atoms with Gasteiger partial charge >= 0.3 is 11.7 Å². The van der Waals surface area contributed by atoms with Gasteiger partial charge in [-0.1, -0.05) is 11.6 Å². The van der Waals surface area contributed by atoms with Gasteiger partial charge in [0.25, 0.3) is 0 Å². The first kappa shape index (κ1) is 13.5. The molecule has 8 nitrogen and oxygen atoms in total. The molecule has 1 fully saturated rings. The number of aromatic nitrogens is 1. The lowest BCUT2D eigenvalue weighted by Crippen LogP contribution is -2.36. The Morgan fingerprint density at radius 2 is 2.32 bits per heavy atom. The number of aliphatic carboxylic acids is 1. The molecule has 2 N–H and O–H groups in total. The van der Waals surface area contributed by atoms with Gasteiger partial charge < -0.3 is 15.1 Å². The van der Waals surface area contributed by atoms with Crippen LogP contribution in [0, 0.1) is 10.1 Å². The number of nitrogens with zero attached hydrogens (tertiary/aromatic N) is 3. The van der Waals surface area contributed by atoms with Gasteiger partial charge in [0.2, 0.25) is 5.82 Å². The smallest absolute Gasteiger partial charge is 0.326 e. The zero-order chi connectivity index (χ0) is 14.2. The molecule has 0 saturated carbocycles. The number of carboxylic acid groups (broad SMARTS) is 1. The van der Waals surface area contributed by atoms with E-state index in [1.165, 1.54) is 11.1 Å². The minimum absolute atomic E-state index is 0.00318. The van der Waals surface area contributed by atoms with Gasteiger partial charge in [0.1, 0.15) is 6.04 Å². The SMILES string of the molecule is O=C(O)C1CC(O)CN1c1ncc(Cl)cc1[N+](=O)[O-]. The first-order valence-electron chi connectivity index (χ1n) is 5.37. The van der Waals surface area contributed by atoms with E-state index in [4.69, 9.17) is 16.7 Å². The van der Waals surface area contributed by atoms with Crippen LogP contribution in [0.25, 0.3) is 0 Å². The van der Waals surface area contributed by atoms with Crippen LogP contribution in [-0.2, 0) is 4.79 Å². The number of halogens is 1. The third-order valence-electron chi connectivity index (χ3n) is 2.85. The normalized spacial score (nSPS) is 22.5. The fourth-order valence-corrected chi connectivity index (χ4v) is 2.21. The molecule has 1 aromatic heterocycles. The van der Waals surface area contributed by atoms with E-state index < -0.39 is 23.0 Å². The Bertz CT molecular complexity index is 538. The molecular formula is C10H10ClN3O5. The highest BCUT2D eigenvalue weighted by Crippen LogP contribution is 2.33. The van der Waals surface area contributed by atoms with E-state index in [0.717, 1.165) is 6.07 Å². The topological polar surface area (TPSA) is 117 Å². The number of carboxylic acids is 1. The van der Waals surface area contributed by atoms with Crippen molar-refractivity contribution in [1.29, 1.82) is 0 Å². The van der Waals surface area contributed by atoms with Crippen molar-refractivity contribution in [1.82, 2.24) is 4.98 Å². The molecule has 9 heteroatoms. The van der Waals surface area contributed by atoms with Crippen molar-refractivity contribution in [2.75, 3.05) is 11.4 Å². The van der Waals surface area contributed by atoms with Crippen molar-refractivity contribution in [3.63, 3.8) is 0 Å². The largest absolute Gasteiger partial charge is 0.480 e. The number of aliphatic hydroxyl groups is 1. The van der Waals surface area contributed by atoms with Crippen LogP contribution in [0.4, 0.5) is 11.5 Å². The summed E-state index contributed by atoms with van der Waals surface area (Å²) in [5.74, 6) is -1.26. The molecule has 0 amide bonds. The molecule has 0 aromatic carbocycles. The minimum Gasteiger partial charge on any atom is -0.480 e. The standard InChI is InChI=1S/C10H10ClN3O5/c11-5-1-7(14(18)19)9(12-3-5)13-4-6(15)2-8(13)10(16)17/h1,3,6,8,15H,2,4H2,(H,16,17). The molecule has 2 atom stereocenters. The van der Waals surface area contributed by atoms with Gasteiger partial charge in [0, 0.05) is 25.2 Å². The molecule has 0 spiro atoms. The molecule has 0 bridgehead atoms. The van der Waals surface area contributed by atoms with Crippen molar-refractivity contribution >= 4 is 29.1 Å². The summed E-state index contributed by atoms with van der Waals surface area (Å²) in [6, 6.07) is 0.0652. The molecular weight excluding hydrogens is 278 g/mol. The number of β-amino-alcohol motifs (C(OH)–C–C–N with tert-alkyl or cyclic N) is 1. The molecule has 2 rings (SSSR count). The molecule has 0 aliphatic carbocycles. The quantitative estimate of drug-likeness (QED) is 0.619. The monoisotopic (exact) mass is 287 g/mol. The number of anilines is 1. The Morgan fingerprint density at radius 1 is 1.63 bits per heavy atom.